The maximum atomic E-state index is 6.59. The Morgan fingerprint density at radius 3 is 1.21 bits per heavy atom. The molecule has 7 nitrogen and oxygen atoms in total. The average molecular weight is 1240 g/mol. The van der Waals surface area contributed by atoms with Gasteiger partial charge in [0.15, 0.2) is 0 Å². The van der Waals surface area contributed by atoms with Crippen molar-refractivity contribution in [3.8, 4) is 67.6 Å². The van der Waals surface area contributed by atoms with Gasteiger partial charge in [-0.25, -0.2) is 9.97 Å². The molecule has 0 spiro atoms. The lowest BCUT2D eigenvalue weighted by atomic mass is 9.98. The molecule has 97 heavy (non-hydrogen) atoms. The number of furan rings is 1. The lowest BCUT2D eigenvalue weighted by molar-refractivity contribution is 0.670. The van der Waals surface area contributed by atoms with E-state index in [0.717, 1.165) is 144 Å². The molecule has 6 aromatic heterocycles. The van der Waals surface area contributed by atoms with E-state index in [4.69, 9.17) is 14.4 Å². The molecule has 0 aliphatic rings. The Hall–Kier alpha value is -13.1. The third-order valence-electron chi connectivity index (χ3n) is 20.4. The highest BCUT2D eigenvalue weighted by Crippen LogP contribution is 2.45. The molecule has 450 valence electrons. The van der Waals surface area contributed by atoms with Crippen molar-refractivity contribution in [2.24, 2.45) is 0 Å². The smallest absolute Gasteiger partial charge is 0.235 e. The molecule has 0 atom stereocenters. The molecular weight excluding hydrogens is 1180 g/mol. The van der Waals surface area contributed by atoms with E-state index < -0.39 is 0 Å². The summed E-state index contributed by atoms with van der Waals surface area (Å²) in [6.07, 6.45) is 0. The summed E-state index contributed by atoms with van der Waals surface area (Å²) in [6, 6.07) is 119. The predicted molar refractivity (Wildman–Crippen MR) is 403 cm³/mol. The van der Waals surface area contributed by atoms with Crippen LogP contribution >= 0.6 is 0 Å². The zero-order chi connectivity index (χ0) is 63.4. The van der Waals surface area contributed by atoms with Crippen LogP contribution in [0.3, 0.4) is 0 Å². The largest absolute Gasteiger partial charge is 0.455 e. The maximum Gasteiger partial charge on any atom is 0.235 e. The van der Waals surface area contributed by atoms with Gasteiger partial charge in [-0.1, -0.05) is 200 Å². The van der Waals surface area contributed by atoms with E-state index in [9.17, 15) is 0 Å². The number of hydrogen-bond donors (Lipinski definition) is 0. The molecule has 21 aromatic rings. The summed E-state index contributed by atoms with van der Waals surface area (Å²) >= 11 is 0. The van der Waals surface area contributed by atoms with E-state index in [1.165, 1.54) is 49.0 Å². The number of benzene rings is 15. The van der Waals surface area contributed by atoms with Crippen LogP contribution < -0.4 is 0 Å². The van der Waals surface area contributed by atoms with Gasteiger partial charge in [0.1, 0.15) is 11.2 Å². The van der Waals surface area contributed by atoms with Crippen LogP contribution in [-0.2, 0) is 0 Å². The molecule has 0 bridgehead atoms. The van der Waals surface area contributed by atoms with Gasteiger partial charge < -0.3 is 18.1 Å². The Bertz CT molecular complexity index is 6670. The Morgan fingerprint density at radius 1 is 0.227 bits per heavy atom. The van der Waals surface area contributed by atoms with Crippen LogP contribution in [0.15, 0.2) is 332 Å². The molecule has 0 radical (unpaired) electrons. The summed E-state index contributed by atoms with van der Waals surface area (Å²) in [4.78, 5) is 11.6. The fourth-order valence-electron chi connectivity index (χ4n) is 16.0. The van der Waals surface area contributed by atoms with Gasteiger partial charge in [-0.05, 0) is 161 Å². The molecule has 0 aliphatic carbocycles. The summed E-state index contributed by atoms with van der Waals surface area (Å²) < 4.78 is 16.1. The molecule has 0 amide bonds. The first-order valence-corrected chi connectivity index (χ1v) is 33.1. The normalized spacial score (nSPS) is 12.1. The summed E-state index contributed by atoms with van der Waals surface area (Å²) in [7, 11) is 0. The van der Waals surface area contributed by atoms with Gasteiger partial charge in [0.25, 0.3) is 0 Å². The first-order chi connectivity index (χ1) is 48.1. The van der Waals surface area contributed by atoms with Gasteiger partial charge in [0.2, 0.25) is 5.95 Å². The third kappa shape index (κ3) is 8.03. The van der Waals surface area contributed by atoms with E-state index in [1.807, 2.05) is 6.07 Å². The van der Waals surface area contributed by atoms with Crippen LogP contribution in [0.4, 0.5) is 0 Å². The van der Waals surface area contributed by atoms with Gasteiger partial charge in [-0.2, -0.15) is 0 Å². The van der Waals surface area contributed by atoms with Gasteiger partial charge in [-0.15, -0.1) is 0 Å². The van der Waals surface area contributed by atoms with E-state index in [2.05, 4.69) is 340 Å². The average Bonchev–Trinajstić information content (AvgIpc) is 1.30. The highest BCUT2D eigenvalue weighted by molar-refractivity contribution is 6.17. The van der Waals surface area contributed by atoms with Crippen LogP contribution in [0.1, 0.15) is 0 Å². The van der Waals surface area contributed by atoms with E-state index in [0.29, 0.717) is 5.95 Å². The van der Waals surface area contributed by atoms with Gasteiger partial charge in [0, 0.05) is 92.8 Å². The van der Waals surface area contributed by atoms with Crippen molar-refractivity contribution in [3.05, 3.63) is 328 Å². The van der Waals surface area contributed by atoms with Crippen LogP contribution in [0.5, 0.6) is 0 Å². The van der Waals surface area contributed by atoms with Crippen molar-refractivity contribution in [1.29, 1.82) is 0 Å². The fraction of sp³-hybridized carbons (Fsp3) is 0. The molecule has 7 heteroatoms. The number of aromatic nitrogens is 6. The lowest BCUT2D eigenvalue weighted by Gasteiger charge is -2.15. The van der Waals surface area contributed by atoms with Crippen LogP contribution in [0, 0.1) is 0 Å². The van der Waals surface area contributed by atoms with Crippen molar-refractivity contribution in [1.82, 2.24) is 28.2 Å². The van der Waals surface area contributed by atoms with Crippen LogP contribution in [0.25, 0.3) is 198 Å². The van der Waals surface area contributed by atoms with E-state index >= 15 is 0 Å². The lowest BCUT2D eigenvalue weighted by Crippen LogP contribution is -2.04. The Morgan fingerprint density at radius 2 is 0.639 bits per heavy atom. The minimum absolute atomic E-state index is 0.596. The number of nitrogens with zero attached hydrogens (tertiary/aromatic N) is 6. The summed E-state index contributed by atoms with van der Waals surface area (Å²) in [5.74, 6) is 0.596. The summed E-state index contributed by atoms with van der Waals surface area (Å²) in [5, 5.41) is 14.8. The Labute approximate surface area is 555 Å². The molecule has 6 heterocycles. The predicted octanol–water partition coefficient (Wildman–Crippen LogP) is 23.7. The summed E-state index contributed by atoms with van der Waals surface area (Å²) in [5.41, 5.74) is 23.5. The van der Waals surface area contributed by atoms with Gasteiger partial charge >= 0.3 is 0 Å². The van der Waals surface area contributed by atoms with Crippen LogP contribution in [-0.4, -0.2) is 28.2 Å². The zero-order valence-corrected chi connectivity index (χ0v) is 52.3. The summed E-state index contributed by atoms with van der Waals surface area (Å²) in [6.45, 7) is 0. The van der Waals surface area contributed by atoms with Gasteiger partial charge in [-0.3, -0.25) is 4.57 Å². The quantitative estimate of drug-likeness (QED) is 0.142. The minimum Gasteiger partial charge on any atom is -0.455 e. The molecule has 0 N–H and O–H groups in total. The van der Waals surface area contributed by atoms with Crippen molar-refractivity contribution < 1.29 is 4.42 Å². The van der Waals surface area contributed by atoms with Crippen molar-refractivity contribution >= 4 is 131 Å². The topological polar surface area (TPSA) is 58.6 Å². The Balaban J connectivity index is 0.765. The first kappa shape index (κ1) is 53.4. The van der Waals surface area contributed by atoms with Gasteiger partial charge in [0.05, 0.1) is 55.3 Å². The number of hydrogen-bond acceptors (Lipinski definition) is 3. The van der Waals surface area contributed by atoms with E-state index in [-0.39, 0.29) is 0 Å². The molecule has 0 saturated carbocycles. The standard InChI is InChI=1S/C90H54N6O/c1-3-21-62(22-4-1)93-78-33-13-9-27-67(78)73-50-56(38-44-81(73)93)58-40-46-84-76(52-58)77-53-59(57-39-45-82-74(51-57)68-28-10-14-34-79(68)94(82)63-23-5-2-6-24-63)41-47-85(77)96(84)90-91-87(72-43-37-55-19-7-8-26-65(55)88(72)92-90)61-20-17-25-64(49-61)95-80-35-15-11-29-69(80)75-54-60(42-48-83(75)95)66-31-18-32-71-70-30-12-16-36-86(70)97-89(66)71/h1-54H. The second-order valence-corrected chi connectivity index (χ2v) is 25.6. The monoisotopic (exact) mass is 1230 g/mol. The number of fused-ring (bicyclic) bond motifs is 18. The molecule has 0 unspecified atom stereocenters. The SMILES string of the molecule is c1ccc(-n2c3ccccc3c3cc(-c4ccc5c(c4)c4cc(-c6ccc7c(c6)c6ccccc6n7-c6ccccc6)ccc4n5-c4nc(-c5cccc(-n6c7ccccc7c7cc(-c8cccc9c8oc8ccccc89)ccc76)c5)c5ccc6ccccc6c5n4)ccc32)cc1. The number of rotatable bonds is 8. The van der Waals surface area contributed by atoms with Crippen molar-refractivity contribution in [3.63, 3.8) is 0 Å². The van der Waals surface area contributed by atoms with Crippen LogP contribution in [0.2, 0.25) is 0 Å². The van der Waals surface area contributed by atoms with E-state index in [1.54, 1.807) is 0 Å². The highest BCUT2D eigenvalue weighted by Gasteiger charge is 2.24. The maximum absolute atomic E-state index is 6.59. The second kappa shape index (κ2) is 20.7. The molecule has 15 aromatic carbocycles. The highest BCUT2D eigenvalue weighted by atomic mass is 16.3. The zero-order valence-electron chi connectivity index (χ0n) is 52.3. The third-order valence-corrected chi connectivity index (χ3v) is 20.4. The second-order valence-electron chi connectivity index (χ2n) is 25.6. The van der Waals surface area contributed by atoms with Crippen molar-refractivity contribution in [2.75, 3.05) is 0 Å². The molecule has 21 rings (SSSR count). The molecule has 0 aliphatic heterocycles. The Kier molecular flexibility index (Phi) is 11.4. The minimum atomic E-state index is 0.596. The fourth-order valence-corrected chi connectivity index (χ4v) is 16.0. The number of para-hydroxylation sites is 7. The molecular formula is C90H54N6O. The first-order valence-electron chi connectivity index (χ1n) is 33.1. The molecule has 0 saturated heterocycles. The molecule has 0 fully saturated rings. The van der Waals surface area contributed by atoms with Crippen molar-refractivity contribution in [2.45, 2.75) is 0 Å².